The summed E-state index contributed by atoms with van der Waals surface area (Å²) in [6.07, 6.45) is 0.403. The third kappa shape index (κ3) is 1.61. The Labute approximate surface area is 75.8 Å². The molecule has 1 unspecified atom stereocenters. The fraction of sp³-hybridized carbons (Fsp3) is 0.250. The van der Waals surface area contributed by atoms with Crippen LogP contribution in [0.15, 0.2) is 24.3 Å². The van der Waals surface area contributed by atoms with Crippen LogP contribution < -0.4 is 5.32 Å². The van der Waals surface area contributed by atoms with Gasteiger partial charge in [0.15, 0.2) is 0 Å². The van der Waals surface area contributed by atoms with E-state index >= 15 is 0 Å². The van der Waals surface area contributed by atoms with Crippen molar-refractivity contribution in [3.63, 3.8) is 0 Å². The number of benzene rings is 1. The SMILES string of the molecule is O=P(O)(O)C1Cc2ccccc2N1. The standard InChI is InChI=1S/C8H10NO3P/c10-13(11,12)8-5-6-3-1-2-4-7(6)9-8/h1-4,8-9H,5H2,(H2,10,11,12). The van der Waals surface area contributed by atoms with Gasteiger partial charge in [0, 0.05) is 12.1 Å². The predicted octanol–water partition coefficient (Wildman–Crippen LogP) is 1.16. The maximum atomic E-state index is 10.9. The van der Waals surface area contributed by atoms with Gasteiger partial charge in [-0.25, -0.2) is 0 Å². The Morgan fingerprint density at radius 2 is 2.08 bits per heavy atom. The highest BCUT2D eigenvalue weighted by molar-refractivity contribution is 7.52. The molecule has 5 heteroatoms. The number of hydrogen-bond donors (Lipinski definition) is 3. The molecular weight excluding hydrogens is 189 g/mol. The highest BCUT2D eigenvalue weighted by Gasteiger charge is 2.33. The second-order valence-electron chi connectivity index (χ2n) is 3.11. The Hall–Kier alpha value is -0.830. The molecule has 0 fully saturated rings. The molecule has 0 radical (unpaired) electrons. The molecule has 4 nitrogen and oxygen atoms in total. The molecule has 0 aromatic heterocycles. The topological polar surface area (TPSA) is 69.6 Å². The summed E-state index contributed by atoms with van der Waals surface area (Å²) < 4.78 is 10.9. The van der Waals surface area contributed by atoms with E-state index in [-0.39, 0.29) is 0 Å². The molecule has 0 aliphatic carbocycles. The molecule has 0 amide bonds. The first-order chi connectivity index (χ1) is 6.07. The first kappa shape index (κ1) is 8.75. The van der Waals surface area contributed by atoms with E-state index < -0.39 is 13.4 Å². The number of anilines is 1. The fourth-order valence-corrected chi connectivity index (χ4v) is 2.22. The van der Waals surface area contributed by atoms with E-state index in [0.717, 1.165) is 11.3 Å². The van der Waals surface area contributed by atoms with Crippen LogP contribution in [0.1, 0.15) is 5.56 Å². The van der Waals surface area contributed by atoms with Crippen molar-refractivity contribution in [1.82, 2.24) is 0 Å². The molecule has 0 spiro atoms. The van der Waals surface area contributed by atoms with Crippen LogP contribution in [0.4, 0.5) is 5.69 Å². The van der Waals surface area contributed by atoms with Gasteiger partial charge in [-0.3, -0.25) is 4.57 Å². The summed E-state index contributed by atoms with van der Waals surface area (Å²) >= 11 is 0. The number of hydrogen-bond acceptors (Lipinski definition) is 2. The third-order valence-corrected chi connectivity index (χ3v) is 3.28. The largest absolute Gasteiger partial charge is 0.371 e. The van der Waals surface area contributed by atoms with Gasteiger partial charge in [-0.1, -0.05) is 18.2 Å². The highest BCUT2D eigenvalue weighted by Crippen LogP contribution is 2.46. The monoisotopic (exact) mass is 199 g/mol. The van der Waals surface area contributed by atoms with Crippen LogP contribution in [-0.4, -0.2) is 15.6 Å². The van der Waals surface area contributed by atoms with Gasteiger partial charge in [-0.2, -0.15) is 0 Å². The molecule has 0 saturated carbocycles. The summed E-state index contributed by atoms with van der Waals surface area (Å²) in [7, 11) is -4.01. The van der Waals surface area contributed by atoms with Gasteiger partial charge in [0.1, 0.15) is 5.78 Å². The van der Waals surface area contributed by atoms with Gasteiger partial charge in [0.2, 0.25) is 0 Å². The van der Waals surface area contributed by atoms with E-state index in [2.05, 4.69) is 5.32 Å². The minimum absolute atomic E-state index is 0.403. The minimum Gasteiger partial charge on any atom is -0.371 e. The number of fused-ring (bicyclic) bond motifs is 1. The van der Waals surface area contributed by atoms with E-state index in [0.29, 0.717) is 6.42 Å². The van der Waals surface area contributed by atoms with Crippen molar-refractivity contribution < 1.29 is 14.4 Å². The molecule has 1 atom stereocenters. The molecule has 1 aliphatic heterocycles. The van der Waals surface area contributed by atoms with Crippen molar-refractivity contribution in [1.29, 1.82) is 0 Å². The van der Waals surface area contributed by atoms with Gasteiger partial charge >= 0.3 is 7.60 Å². The lowest BCUT2D eigenvalue weighted by atomic mass is 10.2. The van der Waals surface area contributed by atoms with Gasteiger partial charge in [-0.05, 0) is 11.6 Å². The molecule has 0 bridgehead atoms. The molecule has 70 valence electrons. The molecule has 1 heterocycles. The smallest absolute Gasteiger partial charge is 0.347 e. The molecule has 13 heavy (non-hydrogen) atoms. The molecule has 1 aromatic rings. The van der Waals surface area contributed by atoms with Crippen LogP contribution in [0.5, 0.6) is 0 Å². The van der Waals surface area contributed by atoms with Crippen molar-refractivity contribution in [2.45, 2.75) is 12.2 Å². The average molecular weight is 199 g/mol. The average Bonchev–Trinajstić information content (AvgIpc) is 2.45. The van der Waals surface area contributed by atoms with Crippen LogP contribution >= 0.6 is 7.60 Å². The van der Waals surface area contributed by atoms with E-state index in [4.69, 9.17) is 9.79 Å². The maximum Gasteiger partial charge on any atom is 0.347 e. The third-order valence-electron chi connectivity index (χ3n) is 2.16. The van der Waals surface area contributed by atoms with Crippen LogP contribution in [0.2, 0.25) is 0 Å². The van der Waals surface area contributed by atoms with Crippen molar-refractivity contribution in [3.05, 3.63) is 29.8 Å². The molecule has 3 N–H and O–H groups in total. The van der Waals surface area contributed by atoms with E-state index in [1.807, 2.05) is 24.3 Å². The number of para-hydroxylation sites is 1. The second kappa shape index (κ2) is 2.84. The highest BCUT2D eigenvalue weighted by atomic mass is 31.2. The zero-order chi connectivity index (χ0) is 9.47. The lowest BCUT2D eigenvalue weighted by Gasteiger charge is -2.12. The Balaban J connectivity index is 2.28. The summed E-state index contributed by atoms with van der Waals surface area (Å²) in [5, 5.41) is 2.81. The predicted molar refractivity (Wildman–Crippen MR) is 49.6 cm³/mol. The van der Waals surface area contributed by atoms with Crippen LogP contribution in [0.3, 0.4) is 0 Å². The van der Waals surface area contributed by atoms with E-state index in [9.17, 15) is 4.57 Å². The molecule has 2 rings (SSSR count). The summed E-state index contributed by atoms with van der Waals surface area (Å²) in [5.41, 5.74) is 1.80. The lowest BCUT2D eigenvalue weighted by Crippen LogP contribution is -2.14. The fourth-order valence-electron chi connectivity index (χ4n) is 1.48. The first-order valence-electron chi connectivity index (χ1n) is 3.97. The van der Waals surface area contributed by atoms with Gasteiger partial charge in [0.05, 0.1) is 0 Å². The summed E-state index contributed by atoms with van der Waals surface area (Å²) in [4.78, 5) is 17.9. The van der Waals surface area contributed by atoms with Gasteiger partial charge in [-0.15, -0.1) is 0 Å². The minimum atomic E-state index is -4.01. The zero-order valence-electron chi connectivity index (χ0n) is 6.84. The van der Waals surface area contributed by atoms with Crippen LogP contribution in [0, 0.1) is 0 Å². The summed E-state index contributed by atoms with van der Waals surface area (Å²) in [6.45, 7) is 0. The van der Waals surface area contributed by atoms with Gasteiger partial charge < -0.3 is 15.1 Å². The molecule has 1 aromatic carbocycles. The molecule has 1 aliphatic rings. The summed E-state index contributed by atoms with van der Waals surface area (Å²) in [5.74, 6) is -0.745. The Kier molecular flexibility index (Phi) is 1.91. The Morgan fingerprint density at radius 3 is 2.69 bits per heavy atom. The second-order valence-corrected chi connectivity index (χ2v) is 4.91. The quantitative estimate of drug-likeness (QED) is 0.593. The van der Waals surface area contributed by atoms with Crippen LogP contribution in [-0.2, 0) is 11.0 Å². The van der Waals surface area contributed by atoms with Crippen molar-refractivity contribution in [2.24, 2.45) is 0 Å². The van der Waals surface area contributed by atoms with E-state index in [1.165, 1.54) is 0 Å². The lowest BCUT2D eigenvalue weighted by molar-refractivity contribution is 0.363. The van der Waals surface area contributed by atoms with Crippen molar-refractivity contribution in [3.8, 4) is 0 Å². The number of rotatable bonds is 1. The number of nitrogens with one attached hydrogen (secondary N) is 1. The Morgan fingerprint density at radius 1 is 1.38 bits per heavy atom. The Bertz CT molecular complexity index is 348. The van der Waals surface area contributed by atoms with Crippen molar-refractivity contribution in [2.75, 3.05) is 5.32 Å². The van der Waals surface area contributed by atoms with Crippen molar-refractivity contribution >= 4 is 13.3 Å². The molecular formula is C8H10NO3P. The zero-order valence-corrected chi connectivity index (χ0v) is 7.74. The van der Waals surface area contributed by atoms with Crippen LogP contribution in [0.25, 0.3) is 0 Å². The van der Waals surface area contributed by atoms with E-state index in [1.54, 1.807) is 0 Å². The molecule has 0 saturated heterocycles. The van der Waals surface area contributed by atoms with Gasteiger partial charge in [0.25, 0.3) is 0 Å². The maximum absolute atomic E-state index is 10.9. The first-order valence-corrected chi connectivity index (χ1v) is 5.65. The summed E-state index contributed by atoms with van der Waals surface area (Å²) in [6, 6.07) is 7.40. The normalized spacial score (nSPS) is 20.9.